The lowest BCUT2D eigenvalue weighted by Gasteiger charge is -2.22. The Morgan fingerprint density at radius 1 is 0.404 bits per heavy atom. The van der Waals surface area contributed by atoms with Gasteiger partial charge in [0.1, 0.15) is 19.8 Å². The summed E-state index contributed by atoms with van der Waals surface area (Å²) >= 11 is 0. The maximum Gasteiger partial charge on any atom is 0.339 e. The fourth-order valence-corrected chi connectivity index (χ4v) is 4.93. The first-order valence-electron chi connectivity index (χ1n) is 16.4. The van der Waals surface area contributed by atoms with E-state index in [-0.39, 0.29) is 39.5 Å². The van der Waals surface area contributed by atoms with Crippen molar-refractivity contribution in [1.29, 1.82) is 0 Å². The third-order valence-electron chi connectivity index (χ3n) is 7.70. The molecule has 0 saturated heterocycles. The van der Waals surface area contributed by atoms with Crippen LogP contribution in [0.4, 0.5) is 0 Å². The first-order valence-corrected chi connectivity index (χ1v) is 16.4. The van der Waals surface area contributed by atoms with Gasteiger partial charge in [0.2, 0.25) is 0 Å². The second kappa shape index (κ2) is 17.8. The maximum absolute atomic E-state index is 12.8. The maximum atomic E-state index is 12.8. The van der Waals surface area contributed by atoms with Crippen molar-refractivity contribution in [2.24, 2.45) is 0 Å². The first-order chi connectivity index (χ1) is 25.5. The van der Waals surface area contributed by atoms with E-state index in [0.717, 1.165) is 0 Å². The number of nitrogens with zero attached hydrogens (tertiary/aromatic N) is 7. The number of carbonyl (C=O) groups excluding carboxylic acids is 3. The van der Waals surface area contributed by atoms with E-state index in [2.05, 4.69) is 29.9 Å². The molecule has 6 aromatic heterocycles. The van der Waals surface area contributed by atoms with Crippen LogP contribution in [0.15, 0.2) is 128 Å². The summed E-state index contributed by atoms with van der Waals surface area (Å²) in [6, 6.07) is 26.5. The van der Waals surface area contributed by atoms with Crippen molar-refractivity contribution in [1.82, 2.24) is 34.8 Å². The standard InChI is InChI=1S/C39H33N7O6/c47-37(28-10-13-34(43-25-28)31-7-1-4-16-40-31)50-22-19-46(20-23-51-38(48)29-11-14-35(44-26-29)32-8-2-5-17-41-32)21-24-52-39(49)30-12-15-36(45-27-30)33-9-3-6-18-42-33/h1-18,25-27H,19-24H2. The number of pyridine rings is 6. The van der Waals surface area contributed by atoms with Gasteiger partial charge in [0.05, 0.1) is 50.9 Å². The fraction of sp³-hybridized carbons (Fsp3) is 0.154. The minimum absolute atomic E-state index is 0.0283. The lowest BCUT2D eigenvalue weighted by Crippen LogP contribution is -2.35. The van der Waals surface area contributed by atoms with Crippen LogP contribution in [0.1, 0.15) is 31.1 Å². The average Bonchev–Trinajstić information content (AvgIpc) is 3.21. The summed E-state index contributed by atoms with van der Waals surface area (Å²) in [7, 11) is 0. The van der Waals surface area contributed by atoms with E-state index in [1.807, 2.05) is 59.5 Å². The second-order valence-electron chi connectivity index (χ2n) is 11.2. The predicted molar refractivity (Wildman–Crippen MR) is 190 cm³/mol. The lowest BCUT2D eigenvalue weighted by molar-refractivity contribution is 0.0331. The van der Waals surface area contributed by atoms with Gasteiger partial charge in [-0.1, -0.05) is 18.2 Å². The number of ether oxygens (including phenoxy) is 3. The zero-order valence-corrected chi connectivity index (χ0v) is 27.9. The topological polar surface area (TPSA) is 159 Å². The Hall–Kier alpha value is -6.73. The molecule has 6 aromatic rings. The third-order valence-corrected chi connectivity index (χ3v) is 7.70. The van der Waals surface area contributed by atoms with Crippen molar-refractivity contribution in [2.45, 2.75) is 0 Å². The Morgan fingerprint density at radius 3 is 0.962 bits per heavy atom. The summed E-state index contributed by atoms with van der Waals surface area (Å²) in [5, 5.41) is 0. The average molecular weight is 696 g/mol. The molecule has 13 heteroatoms. The Morgan fingerprint density at radius 2 is 0.712 bits per heavy atom. The van der Waals surface area contributed by atoms with Gasteiger partial charge in [-0.25, -0.2) is 14.4 Å². The van der Waals surface area contributed by atoms with Crippen molar-refractivity contribution < 1.29 is 28.6 Å². The Bertz CT molecular complexity index is 1810. The lowest BCUT2D eigenvalue weighted by atomic mass is 10.2. The SMILES string of the molecule is O=C(OCCN(CCOC(=O)c1ccc(-c2ccccn2)nc1)CCOC(=O)c1ccc(-c2ccccn2)nc1)c1ccc(-c2ccccn2)nc1. The highest BCUT2D eigenvalue weighted by atomic mass is 16.5. The molecule has 13 nitrogen and oxygen atoms in total. The van der Waals surface area contributed by atoms with E-state index in [4.69, 9.17) is 14.2 Å². The van der Waals surface area contributed by atoms with Crippen LogP contribution in [-0.2, 0) is 14.2 Å². The molecule has 0 aromatic carbocycles. The van der Waals surface area contributed by atoms with Crippen LogP contribution in [-0.4, -0.2) is 92.2 Å². The fourth-order valence-electron chi connectivity index (χ4n) is 4.93. The first kappa shape index (κ1) is 35.1. The van der Waals surface area contributed by atoms with Crippen LogP contribution in [0.3, 0.4) is 0 Å². The predicted octanol–water partition coefficient (Wildman–Crippen LogP) is 5.23. The summed E-state index contributed by atoms with van der Waals surface area (Å²) in [6.07, 6.45) is 9.34. The summed E-state index contributed by atoms with van der Waals surface area (Å²) in [5.74, 6) is -1.62. The van der Waals surface area contributed by atoms with E-state index >= 15 is 0 Å². The normalized spacial score (nSPS) is 10.8. The largest absolute Gasteiger partial charge is 0.461 e. The quantitative estimate of drug-likeness (QED) is 0.102. The van der Waals surface area contributed by atoms with Crippen LogP contribution >= 0.6 is 0 Å². The second-order valence-corrected chi connectivity index (χ2v) is 11.2. The van der Waals surface area contributed by atoms with E-state index in [9.17, 15) is 14.4 Å². The highest BCUT2D eigenvalue weighted by Gasteiger charge is 2.15. The number of carbonyl (C=O) groups is 3. The Labute approximate surface area is 299 Å². The minimum Gasteiger partial charge on any atom is -0.461 e. The molecule has 0 spiro atoms. The molecule has 0 unspecified atom stereocenters. The van der Waals surface area contributed by atoms with E-state index in [1.54, 1.807) is 55.0 Å². The molecular formula is C39H33N7O6. The third kappa shape index (κ3) is 9.70. The molecular weight excluding hydrogens is 662 g/mol. The number of aromatic nitrogens is 6. The van der Waals surface area contributed by atoms with Crippen LogP contribution in [0, 0.1) is 0 Å². The van der Waals surface area contributed by atoms with E-state index < -0.39 is 17.9 Å². The van der Waals surface area contributed by atoms with Crippen LogP contribution in [0.5, 0.6) is 0 Å². The summed E-state index contributed by atoms with van der Waals surface area (Å²) in [5.41, 5.74) is 4.84. The monoisotopic (exact) mass is 695 g/mol. The molecule has 0 fully saturated rings. The number of hydrogen-bond donors (Lipinski definition) is 0. The molecule has 0 atom stereocenters. The zero-order valence-electron chi connectivity index (χ0n) is 27.9. The van der Waals surface area contributed by atoms with Gasteiger partial charge in [-0.3, -0.25) is 34.8 Å². The number of hydrogen-bond acceptors (Lipinski definition) is 13. The van der Waals surface area contributed by atoms with Gasteiger partial charge in [0, 0.05) is 56.8 Å². The van der Waals surface area contributed by atoms with Crippen molar-refractivity contribution in [2.75, 3.05) is 39.5 Å². The Kier molecular flexibility index (Phi) is 12.0. The van der Waals surface area contributed by atoms with Crippen molar-refractivity contribution in [3.8, 4) is 34.2 Å². The van der Waals surface area contributed by atoms with Gasteiger partial charge in [-0.2, -0.15) is 0 Å². The van der Waals surface area contributed by atoms with Crippen molar-refractivity contribution in [3.63, 3.8) is 0 Å². The molecule has 0 aliphatic carbocycles. The highest BCUT2D eigenvalue weighted by Crippen LogP contribution is 2.16. The molecule has 0 aliphatic heterocycles. The number of rotatable bonds is 15. The van der Waals surface area contributed by atoms with Gasteiger partial charge in [-0.05, 0) is 72.8 Å². The molecule has 0 aliphatic rings. The Balaban J connectivity index is 1.02. The molecule has 6 rings (SSSR count). The summed E-state index contributed by atoms with van der Waals surface area (Å²) in [4.78, 5) is 66.0. The summed E-state index contributed by atoms with van der Waals surface area (Å²) in [6.45, 7) is 0.921. The molecule has 6 heterocycles. The smallest absolute Gasteiger partial charge is 0.339 e. The van der Waals surface area contributed by atoms with E-state index in [0.29, 0.717) is 50.9 Å². The summed E-state index contributed by atoms with van der Waals surface area (Å²) < 4.78 is 16.5. The molecule has 52 heavy (non-hydrogen) atoms. The molecule has 0 saturated carbocycles. The van der Waals surface area contributed by atoms with Crippen molar-refractivity contribution >= 4 is 17.9 Å². The van der Waals surface area contributed by atoms with E-state index in [1.165, 1.54) is 18.6 Å². The van der Waals surface area contributed by atoms with Gasteiger partial charge in [-0.15, -0.1) is 0 Å². The molecule has 0 amide bonds. The zero-order chi connectivity index (χ0) is 36.0. The van der Waals surface area contributed by atoms with Crippen LogP contribution < -0.4 is 0 Å². The number of esters is 3. The van der Waals surface area contributed by atoms with Gasteiger partial charge >= 0.3 is 17.9 Å². The molecule has 0 radical (unpaired) electrons. The van der Waals surface area contributed by atoms with Crippen molar-refractivity contribution in [3.05, 3.63) is 145 Å². The van der Waals surface area contributed by atoms with Gasteiger partial charge in [0.15, 0.2) is 0 Å². The molecule has 0 N–H and O–H groups in total. The van der Waals surface area contributed by atoms with Gasteiger partial charge < -0.3 is 14.2 Å². The van der Waals surface area contributed by atoms with Gasteiger partial charge in [0.25, 0.3) is 0 Å². The molecule has 260 valence electrons. The van der Waals surface area contributed by atoms with Crippen LogP contribution in [0.2, 0.25) is 0 Å². The van der Waals surface area contributed by atoms with Crippen LogP contribution in [0.25, 0.3) is 34.2 Å². The highest BCUT2D eigenvalue weighted by molar-refractivity contribution is 5.90. The molecule has 0 bridgehead atoms. The minimum atomic E-state index is -0.541.